The zero-order valence-corrected chi connectivity index (χ0v) is 14.3. The summed E-state index contributed by atoms with van der Waals surface area (Å²) in [6, 6.07) is 3.36. The van der Waals surface area contributed by atoms with Crippen molar-refractivity contribution in [3.63, 3.8) is 0 Å². The first kappa shape index (κ1) is 18.4. The van der Waals surface area contributed by atoms with Crippen molar-refractivity contribution in [2.24, 2.45) is 5.73 Å². The number of hydrogen-bond acceptors (Lipinski definition) is 3. The largest absolute Gasteiger partial charge is 0.497 e. The Morgan fingerprint density at radius 3 is 2.05 bits per heavy atom. The van der Waals surface area contributed by atoms with Crippen molar-refractivity contribution >= 4 is 25.0 Å². The maximum Gasteiger partial charge on any atom is 0.497 e. The van der Waals surface area contributed by atoms with E-state index in [0.717, 1.165) is 5.56 Å². The first-order chi connectivity index (χ1) is 9.07. The van der Waals surface area contributed by atoms with Gasteiger partial charge >= 0.3 is 7.12 Å². The van der Waals surface area contributed by atoms with Gasteiger partial charge in [-0.3, -0.25) is 0 Å². The van der Waals surface area contributed by atoms with E-state index in [1.807, 2.05) is 40.7 Å². The smallest absolute Gasteiger partial charge is 0.399 e. The second kappa shape index (κ2) is 5.88. The molecule has 1 atom stereocenters. The van der Waals surface area contributed by atoms with Crippen molar-refractivity contribution in [1.82, 2.24) is 0 Å². The third kappa shape index (κ3) is 3.11. The number of hydrogen-bond donors (Lipinski definition) is 1. The van der Waals surface area contributed by atoms with Gasteiger partial charge in [0, 0.05) is 11.5 Å². The molecule has 1 heterocycles. The molecule has 0 spiro atoms. The molecule has 0 saturated carbocycles. The Morgan fingerprint density at radius 1 is 1.14 bits per heavy atom. The molecule has 0 amide bonds. The molecular formula is C15H24BClFNO2. The molecule has 2 rings (SSSR count). The van der Waals surface area contributed by atoms with Crippen LogP contribution in [0.4, 0.5) is 4.39 Å². The minimum absolute atomic E-state index is 0. The third-order valence-electron chi connectivity index (χ3n) is 4.46. The molecule has 1 saturated heterocycles. The van der Waals surface area contributed by atoms with E-state index < -0.39 is 18.3 Å². The van der Waals surface area contributed by atoms with Gasteiger partial charge in [0.15, 0.2) is 0 Å². The first-order valence-corrected chi connectivity index (χ1v) is 6.97. The number of halogens is 2. The first-order valence-electron chi connectivity index (χ1n) is 6.97. The molecule has 1 aromatic carbocycles. The minimum atomic E-state index is -0.680. The van der Waals surface area contributed by atoms with Crippen LogP contribution in [0.1, 0.15) is 51.8 Å². The second-order valence-electron chi connectivity index (χ2n) is 6.56. The summed E-state index contributed by atoms with van der Waals surface area (Å²) in [5, 5.41) is 0. The molecule has 1 aliphatic heterocycles. The summed E-state index contributed by atoms with van der Waals surface area (Å²) in [7, 11) is -0.680. The molecule has 6 heteroatoms. The van der Waals surface area contributed by atoms with Gasteiger partial charge in [0.05, 0.1) is 11.2 Å². The van der Waals surface area contributed by atoms with E-state index in [9.17, 15) is 4.39 Å². The summed E-state index contributed by atoms with van der Waals surface area (Å²) >= 11 is 0. The lowest BCUT2D eigenvalue weighted by Crippen LogP contribution is -2.41. The van der Waals surface area contributed by atoms with Gasteiger partial charge in [-0.2, -0.15) is 0 Å². The van der Waals surface area contributed by atoms with E-state index in [-0.39, 0.29) is 24.3 Å². The molecule has 0 unspecified atom stereocenters. The average Bonchev–Trinajstić information content (AvgIpc) is 2.51. The Balaban J connectivity index is 0.00000220. The summed E-state index contributed by atoms with van der Waals surface area (Å²) in [6.07, 6.45) is 0. The molecule has 0 radical (unpaired) electrons. The van der Waals surface area contributed by atoms with E-state index in [4.69, 9.17) is 15.0 Å². The highest BCUT2D eigenvalue weighted by Gasteiger charge is 2.52. The molecule has 3 nitrogen and oxygen atoms in total. The normalized spacial score (nSPS) is 21.0. The highest BCUT2D eigenvalue weighted by molar-refractivity contribution is 6.62. The highest BCUT2D eigenvalue weighted by atomic mass is 35.5. The highest BCUT2D eigenvalue weighted by Crippen LogP contribution is 2.36. The monoisotopic (exact) mass is 315 g/mol. The van der Waals surface area contributed by atoms with Gasteiger partial charge < -0.3 is 15.0 Å². The van der Waals surface area contributed by atoms with Gasteiger partial charge in [0.2, 0.25) is 0 Å². The Morgan fingerprint density at radius 2 is 1.62 bits per heavy atom. The van der Waals surface area contributed by atoms with Crippen molar-refractivity contribution in [3.8, 4) is 0 Å². The Hall–Kier alpha value is -0.615. The fourth-order valence-electron chi connectivity index (χ4n) is 2.37. The summed E-state index contributed by atoms with van der Waals surface area (Å²) in [5.41, 5.74) is 6.70. The van der Waals surface area contributed by atoms with E-state index in [1.54, 1.807) is 13.0 Å². The van der Waals surface area contributed by atoms with E-state index in [0.29, 0.717) is 11.0 Å². The average molecular weight is 316 g/mol. The van der Waals surface area contributed by atoms with Crippen molar-refractivity contribution in [2.45, 2.75) is 58.8 Å². The van der Waals surface area contributed by atoms with Crippen LogP contribution in [0.25, 0.3) is 0 Å². The number of benzene rings is 1. The third-order valence-corrected chi connectivity index (χ3v) is 4.46. The van der Waals surface area contributed by atoms with Crippen molar-refractivity contribution in [1.29, 1.82) is 0 Å². The van der Waals surface area contributed by atoms with E-state index in [1.165, 1.54) is 0 Å². The predicted molar refractivity (Wildman–Crippen MR) is 86.7 cm³/mol. The Bertz CT molecular complexity index is 519. The molecular weight excluding hydrogens is 291 g/mol. The van der Waals surface area contributed by atoms with Crippen LogP contribution in [0.15, 0.2) is 12.1 Å². The summed E-state index contributed by atoms with van der Waals surface area (Å²) in [6.45, 7) is 11.4. The summed E-state index contributed by atoms with van der Waals surface area (Å²) in [4.78, 5) is 0. The molecule has 1 aliphatic rings. The van der Waals surface area contributed by atoms with Gasteiger partial charge in [-0.25, -0.2) is 4.39 Å². The molecule has 21 heavy (non-hydrogen) atoms. The zero-order valence-electron chi connectivity index (χ0n) is 13.5. The molecule has 0 bridgehead atoms. The molecule has 118 valence electrons. The van der Waals surface area contributed by atoms with Gasteiger partial charge in [-0.15, -0.1) is 12.4 Å². The Labute approximate surface area is 132 Å². The van der Waals surface area contributed by atoms with Gasteiger partial charge in [0.1, 0.15) is 5.82 Å². The topological polar surface area (TPSA) is 44.5 Å². The molecule has 2 N–H and O–H groups in total. The summed E-state index contributed by atoms with van der Waals surface area (Å²) < 4.78 is 26.3. The number of rotatable bonds is 2. The van der Waals surface area contributed by atoms with Crippen LogP contribution in [0.5, 0.6) is 0 Å². The van der Waals surface area contributed by atoms with Crippen molar-refractivity contribution < 1.29 is 13.7 Å². The van der Waals surface area contributed by atoms with Crippen LogP contribution in [-0.2, 0) is 9.31 Å². The lowest BCUT2D eigenvalue weighted by atomic mass is 9.77. The lowest BCUT2D eigenvalue weighted by molar-refractivity contribution is 0.00578. The van der Waals surface area contributed by atoms with Gasteiger partial charge in [-0.1, -0.05) is 12.1 Å². The van der Waals surface area contributed by atoms with Crippen LogP contribution >= 0.6 is 12.4 Å². The molecule has 0 aromatic heterocycles. The quantitative estimate of drug-likeness (QED) is 0.854. The predicted octanol–water partition coefficient (Wildman–Crippen LogP) is 2.87. The maximum absolute atomic E-state index is 14.6. The van der Waals surface area contributed by atoms with Gasteiger partial charge in [0.25, 0.3) is 0 Å². The van der Waals surface area contributed by atoms with Crippen LogP contribution < -0.4 is 11.2 Å². The fourth-order valence-corrected chi connectivity index (χ4v) is 2.37. The standard InChI is InChI=1S/C15H23BFNO2.ClH/c1-9-11(10(2)18)7-8-12(13(9)17)16-19-14(3,4)15(5,6)20-16;/h7-8,10H,18H2,1-6H3;1H/t10-;/m1./s1. The zero-order chi connectivity index (χ0) is 15.3. The minimum Gasteiger partial charge on any atom is -0.399 e. The van der Waals surface area contributed by atoms with Crippen molar-refractivity contribution in [2.75, 3.05) is 0 Å². The molecule has 1 fully saturated rings. The van der Waals surface area contributed by atoms with Crippen LogP contribution in [-0.4, -0.2) is 18.3 Å². The van der Waals surface area contributed by atoms with E-state index >= 15 is 0 Å². The summed E-state index contributed by atoms with van der Waals surface area (Å²) in [5.74, 6) is -0.293. The van der Waals surface area contributed by atoms with Gasteiger partial charge in [-0.05, 0) is 52.7 Å². The molecule has 1 aromatic rings. The molecule has 0 aliphatic carbocycles. The maximum atomic E-state index is 14.6. The second-order valence-corrected chi connectivity index (χ2v) is 6.56. The van der Waals surface area contributed by atoms with Crippen molar-refractivity contribution in [3.05, 3.63) is 29.1 Å². The number of nitrogens with two attached hydrogens (primary N) is 1. The van der Waals surface area contributed by atoms with E-state index in [2.05, 4.69) is 0 Å². The Kier molecular flexibility index (Phi) is 5.16. The SMILES string of the molecule is Cc1c([C@@H](C)N)ccc(B2OC(C)(C)C(C)(C)O2)c1F.Cl. The van der Waals surface area contributed by atoms with Crippen LogP contribution in [0.3, 0.4) is 0 Å². The fraction of sp³-hybridized carbons (Fsp3) is 0.600. The van der Waals surface area contributed by atoms with Crippen LogP contribution in [0, 0.1) is 12.7 Å². The van der Waals surface area contributed by atoms with Crippen LogP contribution in [0.2, 0.25) is 0 Å². The lowest BCUT2D eigenvalue weighted by Gasteiger charge is -2.32.